The predicted octanol–water partition coefficient (Wildman–Crippen LogP) is 4.78. The lowest BCUT2D eigenvalue weighted by atomic mass is 10.0. The molecule has 2 aliphatic heterocycles. The smallest absolute Gasteiger partial charge is 0.168 e. The zero-order chi connectivity index (χ0) is 14.6. The van der Waals surface area contributed by atoms with Crippen LogP contribution < -0.4 is 0 Å². The highest BCUT2D eigenvalue weighted by atomic mass is 32.2. The number of thiophene rings is 1. The third kappa shape index (κ3) is 2.02. The van der Waals surface area contributed by atoms with E-state index < -0.39 is 0 Å². The van der Waals surface area contributed by atoms with Gasteiger partial charge in [0.2, 0.25) is 0 Å². The SMILES string of the molecule is CC(C)C1=C(c2cc(F)c3sccc3c2)N2CCN=C2S1. The van der Waals surface area contributed by atoms with Crippen LogP contribution in [0.25, 0.3) is 15.8 Å². The Balaban J connectivity index is 1.92. The first-order valence-electron chi connectivity index (χ1n) is 7.06. The van der Waals surface area contributed by atoms with Crippen molar-refractivity contribution < 1.29 is 4.39 Å². The summed E-state index contributed by atoms with van der Waals surface area (Å²) in [5.41, 5.74) is 2.12. The molecule has 2 aromatic rings. The van der Waals surface area contributed by atoms with Gasteiger partial charge in [-0.25, -0.2) is 4.39 Å². The molecule has 0 spiro atoms. The molecule has 2 nitrogen and oxygen atoms in total. The highest BCUT2D eigenvalue weighted by Gasteiger charge is 2.34. The summed E-state index contributed by atoms with van der Waals surface area (Å²) in [4.78, 5) is 8.09. The minimum absolute atomic E-state index is 0.123. The molecule has 21 heavy (non-hydrogen) atoms. The lowest BCUT2D eigenvalue weighted by Gasteiger charge is -2.18. The van der Waals surface area contributed by atoms with Gasteiger partial charge in [0.15, 0.2) is 5.17 Å². The van der Waals surface area contributed by atoms with E-state index >= 15 is 0 Å². The molecule has 108 valence electrons. The fraction of sp³-hybridized carbons (Fsp3) is 0.312. The molecule has 0 radical (unpaired) electrons. The zero-order valence-corrected chi connectivity index (χ0v) is 13.5. The van der Waals surface area contributed by atoms with Gasteiger partial charge in [-0.2, -0.15) is 0 Å². The van der Waals surface area contributed by atoms with Crippen LogP contribution in [0.4, 0.5) is 4.39 Å². The monoisotopic (exact) mass is 318 g/mol. The fourth-order valence-electron chi connectivity index (χ4n) is 2.87. The summed E-state index contributed by atoms with van der Waals surface area (Å²) in [6.45, 7) is 6.10. The van der Waals surface area contributed by atoms with Crippen molar-refractivity contribution in [3.63, 3.8) is 0 Å². The summed E-state index contributed by atoms with van der Waals surface area (Å²) >= 11 is 3.20. The van der Waals surface area contributed by atoms with Gasteiger partial charge in [0, 0.05) is 17.0 Å². The first-order valence-corrected chi connectivity index (χ1v) is 8.76. The number of rotatable bonds is 2. The molecule has 0 saturated carbocycles. The minimum atomic E-state index is -0.123. The largest absolute Gasteiger partial charge is 0.318 e. The number of halogens is 1. The van der Waals surface area contributed by atoms with Crippen molar-refractivity contribution in [2.24, 2.45) is 10.9 Å². The molecule has 0 saturated heterocycles. The van der Waals surface area contributed by atoms with Crippen molar-refractivity contribution in [2.75, 3.05) is 13.1 Å². The molecule has 1 aromatic carbocycles. The van der Waals surface area contributed by atoms with Crippen molar-refractivity contribution in [3.05, 3.63) is 39.9 Å². The van der Waals surface area contributed by atoms with Crippen LogP contribution in [0.5, 0.6) is 0 Å². The van der Waals surface area contributed by atoms with E-state index in [1.165, 1.54) is 16.2 Å². The van der Waals surface area contributed by atoms with E-state index in [0.29, 0.717) is 5.92 Å². The minimum Gasteiger partial charge on any atom is -0.318 e. The predicted molar refractivity (Wildman–Crippen MR) is 90.1 cm³/mol. The molecule has 2 aliphatic rings. The van der Waals surface area contributed by atoms with Crippen LogP contribution in [0.15, 0.2) is 33.5 Å². The lowest BCUT2D eigenvalue weighted by Crippen LogP contribution is -2.20. The summed E-state index contributed by atoms with van der Waals surface area (Å²) in [5.74, 6) is 0.294. The van der Waals surface area contributed by atoms with Gasteiger partial charge in [0.25, 0.3) is 0 Å². The number of hydrogen-bond acceptors (Lipinski definition) is 4. The number of fused-ring (bicyclic) bond motifs is 2. The third-order valence-electron chi connectivity index (χ3n) is 3.81. The second kappa shape index (κ2) is 4.85. The fourth-order valence-corrected chi connectivity index (χ4v) is 4.86. The summed E-state index contributed by atoms with van der Waals surface area (Å²) in [5, 5.41) is 4.00. The summed E-state index contributed by atoms with van der Waals surface area (Å²) in [6, 6.07) is 5.77. The molecular formula is C16H15FN2S2. The summed E-state index contributed by atoms with van der Waals surface area (Å²) in [6.07, 6.45) is 0. The molecule has 1 aromatic heterocycles. The Morgan fingerprint density at radius 1 is 1.33 bits per heavy atom. The average molecular weight is 318 g/mol. The summed E-state index contributed by atoms with van der Waals surface area (Å²) in [7, 11) is 0. The number of nitrogens with zero attached hydrogens (tertiary/aromatic N) is 2. The molecule has 0 atom stereocenters. The summed E-state index contributed by atoms with van der Waals surface area (Å²) < 4.78 is 15.1. The number of benzene rings is 1. The highest BCUT2D eigenvalue weighted by Crippen LogP contribution is 2.45. The van der Waals surface area contributed by atoms with Crippen molar-refractivity contribution >= 4 is 44.0 Å². The van der Waals surface area contributed by atoms with Gasteiger partial charge >= 0.3 is 0 Å². The first-order chi connectivity index (χ1) is 10.1. The maximum atomic E-state index is 14.3. The van der Waals surface area contributed by atoms with Gasteiger partial charge < -0.3 is 4.90 Å². The normalized spacial score (nSPS) is 18.1. The molecule has 0 aliphatic carbocycles. The maximum Gasteiger partial charge on any atom is 0.168 e. The van der Waals surface area contributed by atoms with Crippen molar-refractivity contribution in [3.8, 4) is 0 Å². The second-order valence-corrected chi connectivity index (χ2v) is 7.51. The van der Waals surface area contributed by atoms with E-state index in [2.05, 4.69) is 29.8 Å². The van der Waals surface area contributed by atoms with E-state index in [4.69, 9.17) is 0 Å². The number of allylic oxidation sites excluding steroid dienone is 1. The Morgan fingerprint density at radius 3 is 3.00 bits per heavy atom. The molecular weight excluding hydrogens is 303 g/mol. The Hall–Kier alpha value is -1.33. The average Bonchev–Trinajstić information content (AvgIpc) is 3.12. The number of amidine groups is 1. The van der Waals surface area contributed by atoms with E-state index in [0.717, 1.165) is 39.6 Å². The highest BCUT2D eigenvalue weighted by molar-refractivity contribution is 8.17. The van der Waals surface area contributed by atoms with Crippen LogP contribution in [-0.4, -0.2) is 23.2 Å². The van der Waals surface area contributed by atoms with Crippen molar-refractivity contribution in [2.45, 2.75) is 13.8 Å². The van der Waals surface area contributed by atoms with Crippen LogP contribution in [-0.2, 0) is 0 Å². The Kier molecular flexibility index (Phi) is 3.08. The second-order valence-electron chi connectivity index (χ2n) is 5.58. The van der Waals surface area contributed by atoms with Crippen LogP contribution in [0.3, 0.4) is 0 Å². The van der Waals surface area contributed by atoms with Crippen LogP contribution in [0, 0.1) is 11.7 Å². The molecule has 4 rings (SSSR count). The molecule has 0 unspecified atom stereocenters. The third-order valence-corrected chi connectivity index (χ3v) is 6.17. The Bertz CT molecular complexity index is 789. The van der Waals surface area contributed by atoms with Gasteiger partial charge in [-0.3, -0.25) is 4.99 Å². The molecule has 5 heteroatoms. The first kappa shape index (κ1) is 13.3. The van der Waals surface area contributed by atoms with Crippen LogP contribution in [0.1, 0.15) is 19.4 Å². The molecule has 0 amide bonds. The molecule has 0 bridgehead atoms. The number of hydrogen-bond donors (Lipinski definition) is 0. The van der Waals surface area contributed by atoms with E-state index in [1.54, 1.807) is 17.8 Å². The lowest BCUT2D eigenvalue weighted by molar-refractivity contribution is 0.629. The standard InChI is InChI=1S/C16H15FN2S2/c1-9(2)14-13(19-5-4-18-16(19)21-14)11-7-10-3-6-20-15(10)12(17)8-11/h3,6-9H,4-5H2,1-2H3. The number of thioether (sulfide) groups is 1. The van der Waals surface area contributed by atoms with E-state index in [-0.39, 0.29) is 5.82 Å². The Morgan fingerprint density at radius 2 is 2.19 bits per heavy atom. The van der Waals surface area contributed by atoms with Gasteiger partial charge in [0.05, 0.1) is 16.9 Å². The quantitative estimate of drug-likeness (QED) is 0.791. The van der Waals surface area contributed by atoms with Gasteiger partial charge in [-0.05, 0) is 34.9 Å². The van der Waals surface area contributed by atoms with E-state index in [9.17, 15) is 4.39 Å². The van der Waals surface area contributed by atoms with E-state index in [1.807, 2.05) is 11.4 Å². The molecule has 0 N–H and O–H groups in total. The maximum absolute atomic E-state index is 14.3. The molecule has 3 heterocycles. The van der Waals surface area contributed by atoms with Crippen LogP contribution >= 0.6 is 23.1 Å². The van der Waals surface area contributed by atoms with Crippen LogP contribution in [0.2, 0.25) is 0 Å². The number of aliphatic imine (C=N–C) groups is 1. The van der Waals surface area contributed by atoms with Gasteiger partial charge in [-0.15, -0.1) is 11.3 Å². The topological polar surface area (TPSA) is 15.6 Å². The zero-order valence-electron chi connectivity index (χ0n) is 11.9. The van der Waals surface area contributed by atoms with Gasteiger partial charge in [0.1, 0.15) is 5.82 Å². The van der Waals surface area contributed by atoms with Crippen molar-refractivity contribution in [1.29, 1.82) is 0 Å². The Labute approximate surface area is 131 Å². The van der Waals surface area contributed by atoms with Gasteiger partial charge in [-0.1, -0.05) is 25.6 Å². The van der Waals surface area contributed by atoms with Crippen molar-refractivity contribution in [1.82, 2.24) is 4.90 Å². The molecule has 0 fully saturated rings.